The molecule has 29 heavy (non-hydrogen) atoms. The number of amides is 1. The first-order valence-corrected chi connectivity index (χ1v) is 9.42. The number of pyridine rings is 1. The lowest BCUT2D eigenvalue weighted by molar-refractivity contribution is -0.111. The van der Waals surface area contributed by atoms with Crippen LogP contribution in [-0.2, 0) is 9.53 Å². The highest BCUT2D eigenvalue weighted by molar-refractivity contribution is 7.14. The van der Waals surface area contributed by atoms with Gasteiger partial charge in [-0.1, -0.05) is 6.07 Å². The molecule has 0 fully saturated rings. The summed E-state index contributed by atoms with van der Waals surface area (Å²) < 4.78 is 24.6. The first kappa shape index (κ1) is 20.2. The molecule has 148 valence electrons. The summed E-state index contributed by atoms with van der Waals surface area (Å²) in [5.41, 5.74) is 1.94. The molecule has 1 aromatic carbocycles. The second kappa shape index (κ2) is 9.56. The van der Waals surface area contributed by atoms with Crippen molar-refractivity contribution in [3.8, 4) is 11.5 Å². The number of nitrogens with one attached hydrogen (secondary N) is 1. The standard InChI is InChI=1S/C20H16FN3O4S/c1-2-27-20(26)18-19(29-12-23-18)24-17(25)8-6-13-5-7-16(15(21)10-13)28-14-4-3-9-22-11-14/h3-12H,2H2,1H3,(H,24,25)/b8-6+. The van der Waals surface area contributed by atoms with Crippen LogP contribution in [0.15, 0.2) is 54.3 Å². The van der Waals surface area contributed by atoms with E-state index >= 15 is 0 Å². The van der Waals surface area contributed by atoms with E-state index in [1.165, 1.54) is 36.0 Å². The molecule has 0 bridgehead atoms. The first-order chi connectivity index (χ1) is 14.1. The van der Waals surface area contributed by atoms with Crippen LogP contribution in [0.3, 0.4) is 0 Å². The maximum absolute atomic E-state index is 14.2. The van der Waals surface area contributed by atoms with Crippen molar-refractivity contribution in [2.45, 2.75) is 6.92 Å². The summed E-state index contributed by atoms with van der Waals surface area (Å²) in [5.74, 6) is -1.22. The number of halogens is 1. The predicted molar refractivity (Wildman–Crippen MR) is 106 cm³/mol. The number of ether oxygens (including phenoxy) is 2. The number of thiazole rings is 1. The molecule has 2 aromatic heterocycles. The Hall–Kier alpha value is -3.59. The van der Waals surface area contributed by atoms with Crippen molar-refractivity contribution in [2.24, 2.45) is 0 Å². The summed E-state index contributed by atoms with van der Waals surface area (Å²) in [6.07, 6.45) is 5.73. The largest absolute Gasteiger partial charge is 0.461 e. The number of benzene rings is 1. The van der Waals surface area contributed by atoms with Gasteiger partial charge in [0.15, 0.2) is 17.3 Å². The number of rotatable bonds is 7. The molecule has 3 rings (SSSR count). The third-order valence-corrected chi connectivity index (χ3v) is 4.26. The maximum atomic E-state index is 14.2. The number of carbonyl (C=O) groups is 2. The molecule has 0 aliphatic carbocycles. The van der Waals surface area contributed by atoms with Gasteiger partial charge in [-0.2, -0.15) is 0 Å². The van der Waals surface area contributed by atoms with Crippen LogP contribution in [0, 0.1) is 5.82 Å². The number of hydrogen-bond donors (Lipinski definition) is 1. The quantitative estimate of drug-likeness (QED) is 0.459. The maximum Gasteiger partial charge on any atom is 0.360 e. The molecule has 2 heterocycles. The van der Waals surface area contributed by atoms with E-state index in [0.717, 1.165) is 11.3 Å². The molecule has 0 saturated carbocycles. The Labute approximate surface area is 169 Å². The number of hydrogen-bond acceptors (Lipinski definition) is 7. The van der Waals surface area contributed by atoms with Crippen molar-refractivity contribution >= 4 is 34.3 Å². The minimum atomic E-state index is -0.612. The van der Waals surface area contributed by atoms with Crippen LogP contribution >= 0.6 is 11.3 Å². The molecule has 7 nitrogen and oxygen atoms in total. The summed E-state index contributed by atoms with van der Waals surface area (Å²) >= 11 is 1.10. The molecule has 9 heteroatoms. The highest BCUT2D eigenvalue weighted by Crippen LogP contribution is 2.25. The van der Waals surface area contributed by atoms with Crippen LogP contribution < -0.4 is 10.1 Å². The first-order valence-electron chi connectivity index (χ1n) is 8.54. The zero-order valence-corrected chi connectivity index (χ0v) is 16.1. The van der Waals surface area contributed by atoms with Gasteiger partial charge in [0, 0.05) is 12.3 Å². The van der Waals surface area contributed by atoms with Crippen LogP contribution in [0.5, 0.6) is 11.5 Å². The van der Waals surface area contributed by atoms with Crippen molar-refractivity contribution in [3.63, 3.8) is 0 Å². The topological polar surface area (TPSA) is 90.4 Å². The molecule has 0 radical (unpaired) electrons. The fourth-order valence-corrected chi connectivity index (χ4v) is 2.91. The summed E-state index contributed by atoms with van der Waals surface area (Å²) in [7, 11) is 0. The molecule has 1 amide bonds. The van der Waals surface area contributed by atoms with Crippen LogP contribution in [0.25, 0.3) is 6.08 Å². The smallest absolute Gasteiger partial charge is 0.360 e. The molecule has 0 saturated heterocycles. The number of esters is 1. The Morgan fingerprint density at radius 1 is 1.31 bits per heavy atom. The fourth-order valence-electron chi connectivity index (χ4n) is 2.24. The molecular formula is C20H16FN3O4S. The van der Waals surface area contributed by atoms with Crippen molar-refractivity contribution in [2.75, 3.05) is 11.9 Å². The van der Waals surface area contributed by atoms with E-state index in [1.54, 1.807) is 31.3 Å². The van der Waals surface area contributed by atoms with Crippen molar-refractivity contribution in [1.29, 1.82) is 0 Å². The van der Waals surface area contributed by atoms with E-state index in [0.29, 0.717) is 11.3 Å². The molecule has 3 aromatic rings. The summed E-state index contributed by atoms with van der Waals surface area (Å²) in [5, 5.41) is 2.84. The van der Waals surface area contributed by atoms with Gasteiger partial charge in [0.1, 0.15) is 10.8 Å². The number of aromatic nitrogens is 2. The Balaban J connectivity index is 1.64. The van der Waals surface area contributed by atoms with Crippen LogP contribution in [0.2, 0.25) is 0 Å². The van der Waals surface area contributed by atoms with Gasteiger partial charge in [-0.3, -0.25) is 9.78 Å². The lowest BCUT2D eigenvalue weighted by Gasteiger charge is -2.06. The third kappa shape index (κ3) is 5.45. The average Bonchev–Trinajstić information content (AvgIpc) is 3.17. The minimum absolute atomic E-state index is 0.0431. The van der Waals surface area contributed by atoms with E-state index in [1.807, 2.05) is 0 Å². The monoisotopic (exact) mass is 413 g/mol. The lowest BCUT2D eigenvalue weighted by atomic mass is 10.2. The summed E-state index contributed by atoms with van der Waals surface area (Å²) in [6, 6.07) is 7.65. The fraction of sp³-hybridized carbons (Fsp3) is 0.100. The lowest BCUT2D eigenvalue weighted by Crippen LogP contribution is -2.12. The van der Waals surface area contributed by atoms with Gasteiger partial charge in [0.2, 0.25) is 5.91 Å². The predicted octanol–water partition coefficient (Wildman–Crippen LogP) is 4.30. The van der Waals surface area contributed by atoms with Crippen LogP contribution in [0.4, 0.5) is 9.39 Å². The van der Waals surface area contributed by atoms with E-state index in [-0.39, 0.29) is 23.1 Å². The highest BCUT2D eigenvalue weighted by atomic mass is 32.1. The van der Waals surface area contributed by atoms with E-state index in [9.17, 15) is 14.0 Å². The molecular weight excluding hydrogens is 397 g/mol. The molecule has 0 aliphatic rings. The van der Waals surface area contributed by atoms with E-state index in [2.05, 4.69) is 15.3 Å². The van der Waals surface area contributed by atoms with Crippen molar-refractivity contribution in [3.05, 3.63) is 71.4 Å². The van der Waals surface area contributed by atoms with Gasteiger partial charge >= 0.3 is 5.97 Å². The summed E-state index contributed by atoms with van der Waals surface area (Å²) in [4.78, 5) is 31.7. The van der Waals surface area contributed by atoms with Gasteiger partial charge in [-0.15, -0.1) is 11.3 Å². The highest BCUT2D eigenvalue weighted by Gasteiger charge is 2.17. The van der Waals surface area contributed by atoms with Gasteiger partial charge < -0.3 is 14.8 Å². The van der Waals surface area contributed by atoms with Crippen molar-refractivity contribution < 1.29 is 23.5 Å². The molecule has 0 spiro atoms. The zero-order valence-electron chi connectivity index (χ0n) is 15.3. The Bertz CT molecular complexity index is 1040. The molecule has 0 unspecified atom stereocenters. The number of anilines is 1. The molecule has 0 atom stereocenters. The Morgan fingerprint density at radius 2 is 2.17 bits per heavy atom. The number of carbonyl (C=O) groups excluding carboxylic acids is 2. The average molecular weight is 413 g/mol. The zero-order chi connectivity index (χ0) is 20.6. The van der Waals surface area contributed by atoms with Gasteiger partial charge in [-0.25, -0.2) is 14.2 Å². The van der Waals surface area contributed by atoms with E-state index < -0.39 is 17.7 Å². The third-order valence-electron chi connectivity index (χ3n) is 3.52. The number of nitrogens with zero attached hydrogens (tertiary/aromatic N) is 2. The Kier molecular flexibility index (Phi) is 6.64. The summed E-state index contributed by atoms with van der Waals surface area (Å²) in [6.45, 7) is 1.88. The second-order valence-electron chi connectivity index (χ2n) is 5.55. The van der Waals surface area contributed by atoms with Gasteiger partial charge in [-0.05, 0) is 42.8 Å². The van der Waals surface area contributed by atoms with Crippen LogP contribution in [0.1, 0.15) is 23.0 Å². The van der Waals surface area contributed by atoms with Crippen molar-refractivity contribution in [1.82, 2.24) is 9.97 Å². The van der Waals surface area contributed by atoms with Gasteiger partial charge in [0.05, 0.1) is 18.3 Å². The van der Waals surface area contributed by atoms with Gasteiger partial charge in [0.25, 0.3) is 0 Å². The van der Waals surface area contributed by atoms with Crippen LogP contribution in [-0.4, -0.2) is 28.5 Å². The Morgan fingerprint density at radius 3 is 2.90 bits per heavy atom. The molecule has 1 N–H and O–H groups in total. The molecule has 0 aliphatic heterocycles. The second-order valence-corrected chi connectivity index (χ2v) is 6.41. The SMILES string of the molecule is CCOC(=O)c1ncsc1NC(=O)/C=C/c1ccc(Oc2cccnc2)c(F)c1. The van der Waals surface area contributed by atoms with E-state index in [4.69, 9.17) is 9.47 Å². The normalized spacial score (nSPS) is 10.7. The minimum Gasteiger partial charge on any atom is -0.461 e.